The van der Waals surface area contributed by atoms with Gasteiger partial charge in [-0.2, -0.15) is 0 Å². The molecule has 0 saturated carbocycles. The van der Waals surface area contributed by atoms with Crippen LogP contribution >= 0.6 is 0 Å². The van der Waals surface area contributed by atoms with E-state index in [0.29, 0.717) is 6.61 Å². The normalized spacial score (nSPS) is 18.9. The van der Waals surface area contributed by atoms with Crippen molar-refractivity contribution in [2.24, 2.45) is 0 Å². The van der Waals surface area contributed by atoms with Crippen molar-refractivity contribution >= 4 is 27.6 Å². The third-order valence-electron chi connectivity index (χ3n) is 6.65. The molecule has 2 aromatic heterocycles. The zero-order valence-corrected chi connectivity index (χ0v) is 19.2. The lowest BCUT2D eigenvalue weighted by Gasteiger charge is -2.31. The van der Waals surface area contributed by atoms with E-state index in [9.17, 15) is 4.39 Å². The first-order valence-corrected chi connectivity index (χ1v) is 11.9. The van der Waals surface area contributed by atoms with E-state index in [0.717, 1.165) is 84.0 Å². The predicted octanol–water partition coefficient (Wildman–Crippen LogP) is 4.58. The van der Waals surface area contributed by atoms with E-state index in [-0.39, 0.29) is 11.9 Å². The Morgan fingerprint density at radius 1 is 0.941 bits per heavy atom. The standard InChI is InChI=1S/C27H27FN4O2/c1-18-3-6-22-24(29-18)8-9-25-27(22)34-21(17-33-25)16-31-11-2-12-32(14-13-31)26-10-4-19-15-20(28)5-7-23(19)30-26/h3-10,15,21H,2,11-14,16-17H2,1H3/t21-/m0/s1. The lowest BCUT2D eigenvalue weighted by atomic mass is 10.1. The Balaban J connectivity index is 1.13. The molecule has 4 aromatic rings. The van der Waals surface area contributed by atoms with Crippen molar-refractivity contribution in [1.82, 2.24) is 14.9 Å². The Bertz CT molecular complexity index is 1360. The van der Waals surface area contributed by atoms with Gasteiger partial charge in [-0.3, -0.25) is 9.88 Å². The number of pyridine rings is 2. The van der Waals surface area contributed by atoms with Gasteiger partial charge in [-0.25, -0.2) is 9.37 Å². The molecule has 6 rings (SSSR count). The summed E-state index contributed by atoms with van der Waals surface area (Å²) in [5, 5.41) is 1.82. The van der Waals surface area contributed by atoms with Crippen molar-refractivity contribution in [2.75, 3.05) is 44.2 Å². The fraction of sp³-hybridized carbons (Fsp3) is 0.333. The second-order valence-corrected chi connectivity index (χ2v) is 9.11. The first-order chi connectivity index (χ1) is 16.6. The summed E-state index contributed by atoms with van der Waals surface area (Å²) in [7, 11) is 0. The van der Waals surface area contributed by atoms with Gasteiger partial charge in [0.25, 0.3) is 0 Å². The highest BCUT2D eigenvalue weighted by Crippen LogP contribution is 2.38. The Morgan fingerprint density at radius 3 is 2.79 bits per heavy atom. The number of aromatic nitrogens is 2. The quantitative estimate of drug-likeness (QED) is 0.448. The molecule has 0 unspecified atom stereocenters. The summed E-state index contributed by atoms with van der Waals surface area (Å²) in [6.45, 7) is 7.10. The third-order valence-corrected chi connectivity index (χ3v) is 6.65. The largest absolute Gasteiger partial charge is 0.486 e. The SMILES string of the molecule is Cc1ccc2c3c(ccc2n1)OC[C@H](CN1CCCN(c2ccc4cc(F)ccc4n2)CC1)O3. The predicted molar refractivity (Wildman–Crippen MR) is 131 cm³/mol. The van der Waals surface area contributed by atoms with Gasteiger partial charge < -0.3 is 14.4 Å². The molecular formula is C27H27FN4O2. The first kappa shape index (κ1) is 21.1. The number of rotatable bonds is 3. The molecule has 0 spiro atoms. The summed E-state index contributed by atoms with van der Waals surface area (Å²) in [6, 6.07) is 16.7. The minimum absolute atomic E-state index is 0.0281. The second kappa shape index (κ2) is 8.72. The molecule has 174 valence electrons. The number of benzene rings is 2. The Labute approximate surface area is 197 Å². The number of aryl methyl sites for hydroxylation is 1. The van der Waals surface area contributed by atoms with E-state index in [4.69, 9.17) is 14.5 Å². The fourth-order valence-corrected chi connectivity index (χ4v) is 4.90. The molecule has 2 aliphatic heterocycles. The van der Waals surface area contributed by atoms with Crippen LogP contribution in [-0.4, -0.2) is 60.3 Å². The molecule has 0 aliphatic carbocycles. The zero-order chi connectivity index (χ0) is 23.1. The van der Waals surface area contributed by atoms with Gasteiger partial charge in [0.2, 0.25) is 0 Å². The summed E-state index contributed by atoms with van der Waals surface area (Å²) in [5.74, 6) is 2.30. The lowest BCUT2D eigenvalue weighted by Crippen LogP contribution is -2.42. The van der Waals surface area contributed by atoms with Crippen LogP contribution in [0.2, 0.25) is 0 Å². The van der Waals surface area contributed by atoms with Gasteiger partial charge in [0, 0.05) is 49.2 Å². The molecule has 2 aromatic carbocycles. The van der Waals surface area contributed by atoms with Crippen LogP contribution in [0.1, 0.15) is 12.1 Å². The maximum Gasteiger partial charge on any atom is 0.171 e. The van der Waals surface area contributed by atoms with Gasteiger partial charge in [-0.05, 0) is 67.9 Å². The van der Waals surface area contributed by atoms with Crippen molar-refractivity contribution in [3.05, 3.63) is 66.1 Å². The van der Waals surface area contributed by atoms with Crippen molar-refractivity contribution in [3.63, 3.8) is 0 Å². The van der Waals surface area contributed by atoms with E-state index < -0.39 is 0 Å². The maximum atomic E-state index is 13.5. The third kappa shape index (κ3) is 4.12. The number of anilines is 1. The second-order valence-electron chi connectivity index (χ2n) is 9.11. The summed E-state index contributed by atoms with van der Waals surface area (Å²) < 4.78 is 26.0. The Hall–Kier alpha value is -3.45. The van der Waals surface area contributed by atoms with Crippen LogP contribution in [-0.2, 0) is 0 Å². The van der Waals surface area contributed by atoms with Gasteiger partial charge in [0.1, 0.15) is 24.3 Å². The van der Waals surface area contributed by atoms with Crippen molar-refractivity contribution in [3.8, 4) is 11.5 Å². The van der Waals surface area contributed by atoms with Crippen LogP contribution < -0.4 is 14.4 Å². The molecule has 0 amide bonds. The van der Waals surface area contributed by atoms with Crippen LogP contribution in [0.5, 0.6) is 11.5 Å². The summed E-state index contributed by atoms with van der Waals surface area (Å²) in [5.41, 5.74) is 2.74. The van der Waals surface area contributed by atoms with Gasteiger partial charge >= 0.3 is 0 Å². The van der Waals surface area contributed by atoms with Crippen molar-refractivity contribution in [2.45, 2.75) is 19.4 Å². The maximum absolute atomic E-state index is 13.5. The molecule has 2 aliphatic rings. The molecule has 7 heteroatoms. The van der Waals surface area contributed by atoms with Crippen LogP contribution in [0.25, 0.3) is 21.8 Å². The van der Waals surface area contributed by atoms with E-state index in [1.807, 2.05) is 37.3 Å². The minimum atomic E-state index is -0.233. The van der Waals surface area contributed by atoms with Crippen LogP contribution in [0, 0.1) is 12.7 Å². The monoisotopic (exact) mass is 458 g/mol. The highest BCUT2D eigenvalue weighted by Gasteiger charge is 2.26. The first-order valence-electron chi connectivity index (χ1n) is 11.9. The Morgan fingerprint density at radius 2 is 1.85 bits per heavy atom. The van der Waals surface area contributed by atoms with Crippen LogP contribution in [0.3, 0.4) is 0 Å². The number of halogens is 1. The molecule has 6 nitrogen and oxygen atoms in total. The van der Waals surface area contributed by atoms with Crippen LogP contribution in [0.4, 0.5) is 10.2 Å². The highest BCUT2D eigenvalue weighted by molar-refractivity contribution is 5.88. The van der Waals surface area contributed by atoms with Gasteiger partial charge in [0.15, 0.2) is 11.5 Å². The molecule has 0 bridgehead atoms. The van der Waals surface area contributed by atoms with E-state index >= 15 is 0 Å². The molecule has 0 radical (unpaired) electrons. The van der Waals surface area contributed by atoms with Crippen LogP contribution in [0.15, 0.2) is 54.6 Å². The molecule has 34 heavy (non-hydrogen) atoms. The average Bonchev–Trinajstić information content (AvgIpc) is 3.09. The molecule has 4 heterocycles. The number of hydrogen-bond acceptors (Lipinski definition) is 6. The van der Waals surface area contributed by atoms with E-state index in [2.05, 4.69) is 20.9 Å². The fourth-order valence-electron chi connectivity index (χ4n) is 4.90. The van der Waals surface area contributed by atoms with Gasteiger partial charge in [-0.1, -0.05) is 0 Å². The van der Waals surface area contributed by atoms with Gasteiger partial charge in [-0.15, -0.1) is 0 Å². The molecule has 1 atom stereocenters. The highest BCUT2D eigenvalue weighted by atomic mass is 19.1. The lowest BCUT2D eigenvalue weighted by molar-refractivity contribution is 0.0622. The minimum Gasteiger partial charge on any atom is -0.486 e. The topological polar surface area (TPSA) is 50.7 Å². The summed E-state index contributed by atoms with van der Waals surface area (Å²) in [4.78, 5) is 14.2. The van der Waals surface area contributed by atoms with E-state index in [1.54, 1.807) is 6.07 Å². The number of hydrogen-bond donors (Lipinski definition) is 0. The molecular weight excluding hydrogens is 431 g/mol. The zero-order valence-electron chi connectivity index (χ0n) is 19.2. The number of ether oxygens (including phenoxy) is 2. The van der Waals surface area contributed by atoms with Crippen molar-refractivity contribution < 1.29 is 13.9 Å². The molecule has 1 fully saturated rings. The summed E-state index contributed by atoms with van der Waals surface area (Å²) >= 11 is 0. The number of fused-ring (bicyclic) bond motifs is 4. The molecule has 1 saturated heterocycles. The van der Waals surface area contributed by atoms with Crippen molar-refractivity contribution in [1.29, 1.82) is 0 Å². The Kier molecular flexibility index (Phi) is 5.41. The summed E-state index contributed by atoms with van der Waals surface area (Å²) in [6.07, 6.45) is 1.01. The average molecular weight is 459 g/mol. The molecule has 0 N–H and O–H groups in total. The number of nitrogens with zero attached hydrogens (tertiary/aromatic N) is 4. The van der Waals surface area contributed by atoms with E-state index in [1.165, 1.54) is 12.1 Å². The smallest absolute Gasteiger partial charge is 0.171 e. The van der Waals surface area contributed by atoms with Gasteiger partial charge in [0.05, 0.1) is 11.0 Å².